The number of carbonyl (C=O) groups is 3. The largest absolute Gasteiger partial charge is 0.476 e. The van der Waals surface area contributed by atoms with Gasteiger partial charge in [0.05, 0.1) is 0 Å². The van der Waals surface area contributed by atoms with Crippen LogP contribution in [-0.4, -0.2) is 44.1 Å². The second-order valence-corrected chi connectivity index (χ2v) is 4.28. The van der Waals surface area contributed by atoms with Crippen LogP contribution in [0.5, 0.6) is 0 Å². The van der Waals surface area contributed by atoms with E-state index in [2.05, 4.69) is 15.3 Å². The molecule has 0 saturated heterocycles. The quantitative estimate of drug-likeness (QED) is 0.595. The number of carboxylic acid groups (broad SMARTS) is 2. The zero-order valence-corrected chi connectivity index (χ0v) is 11.2. The van der Waals surface area contributed by atoms with Gasteiger partial charge < -0.3 is 15.5 Å². The summed E-state index contributed by atoms with van der Waals surface area (Å²) < 4.78 is 0. The number of hydrogen-bond acceptors (Lipinski definition) is 6. The van der Waals surface area contributed by atoms with Gasteiger partial charge in [-0.3, -0.25) is 10.1 Å². The van der Waals surface area contributed by atoms with Crippen molar-refractivity contribution in [3.05, 3.63) is 10.8 Å². The van der Waals surface area contributed by atoms with Gasteiger partial charge in [0.1, 0.15) is 0 Å². The monoisotopic (exact) mass is 302 g/mol. The lowest BCUT2D eigenvalue weighted by molar-refractivity contribution is -0.147. The van der Waals surface area contributed by atoms with Gasteiger partial charge in [-0.15, -0.1) is 0 Å². The van der Waals surface area contributed by atoms with Crippen LogP contribution in [0.25, 0.3) is 0 Å². The van der Waals surface area contributed by atoms with Crippen LogP contribution in [-0.2, 0) is 9.59 Å². The number of nitrogens with zero attached hydrogens (tertiary/aromatic N) is 2. The zero-order chi connectivity index (χ0) is 15.4. The first kappa shape index (κ1) is 15.6. The molecule has 1 aromatic rings. The summed E-state index contributed by atoms with van der Waals surface area (Å²) in [6.07, 6.45) is 0. The third-order valence-corrected chi connectivity index (χ3v) is 2.17. The molecule has 0 atom stereocenters. The molecule has 0 aliphatic heterocycles. The van der Waals surface area contributed by atoms with Crippen molar-refractivity contribution in [2.24, 2.45) is 0 Å². The van der Waals surface area contributed by atoms with Crippen molar-refractivity contribution < 1.29 is 24.6 Å². The molecule has 1 aromatic heterocycles. The minimum absolute atomic E-state index is 0.0346. The van der Waals surface area contributed by atoms with Gasteiger partial charge in [0, 0.05) is 6.04 Å². The highest BCUT2D eigenvalue weighted by atomic mass is 35.5. The zero-order valence-electron chi connectivity index (χ0n) is 10.5. The van der Waals surface area contributed by atoms with Crippen molar-refractivity contribution >= 4 is 41.1 Å². The second kappa shape index (κ2) is 6.15. The Morgan fingerprint density at radius 1 is 1.15 bits per heavy atom. The molecule has 9 nitrogen and oxygen atoms in total. The van der Waals surface area contributed by atoms with Crippen LogP contribution in [0.1, 0.15) is 24.3 Å². The Morgan fingerprint density at radius 3 is 2.20 bits per heavy atom. The summed E-state index contributed by atoms with van der Waals surface area (Å²) in [5.41, 5.74) is -0.654. The Bertz CT molecular complexity index is 575. The molecule has 20 heavy (non-hydrogen) atoms. The summed E-state index contributed by atoms with van der Waals surface area (Å²) in [4.78, 5) is 39.9. The minimum Gasteiger partial charge on any atom is -0.476 e. The molecule has 0 bridgehead atoms. The molecular weight excluding hydrogens is 292 g/mol. The summed E-state index contributed by atoms with van der Waals surface area (Å²) in [6, 6.07) is -0.0829. The Kier molecular flexibility index (Phi) is 4.81. The van der Waals surface area contributed by atoms with Crippen LogP contribution in [0.4, 0.5) is 11.6 Å². The highest BCUT2D eigenvalue weighted by molar-refractivity contribution is 6.36. The molecule has 0 spiro atoms. The highest BCUT2D eigenvalue weighted by Crippen LogP contribution is 2.22. The molecule has 10 heteroatoms. The maximum absolute atomic E-state index is 11.1. The van der Waals surface area contributed by atoms with E-state index in [-0.39, 0.29) is 17.0 Å². The third kappa shape index (κ3) is 3.79. The first-order valence-corrected chi connectivity index (χ1v) is 5.71. The number of amides is 1. The summed E-state index contributed by atoms with van der Waals surface area (Å²) in [6.45, 7) is 3.55. The Balaban J connectivity index is 3.26. The predicted octanol–water partition coefficient (Wildman–Crippen LogP) is 0.672. The molecule has 1 rings (SSSR count). The number of halogens is 1. The molecule has 0 aliphatic rings. The predicted molar refractivity (Wildman–Crippen MR) is 69.0 cm³/mol. The van der Waals surface area contributed by atoms with E-state index in [1.807, 2.05) is 5.32 Å². The average Bonchev–Trinajstić information content (AvgIpc) is 2.31. The number of aromatic carboxylic acids is 1. The number of hydrogen-bond donors (Lipinski definition) is 4. The van der Waals surface area contributed by atoms with E-state index < -0.39 is 29.4 Å². The van der Waals surface area contributed by atoms with E-state index >= 15 is 0 Å². The number of carbonyl (C=O) groups excluding carboxylic acids is 1. The van der Waals surface area contributed by atoms with Crippen molar-refractivity contribution in [3.8, 4) is 0 Å². The van der Waals surface area contributed by atoms with Crippen molar-refractivity contribution in [1.29, 1.82) is 0 Å². The molecule has 0 unspecified atom stereocenters. The Labute approximate surface area is 118 Å². The molecule has 1 heterocycles. The lowest BCUT2D eigenvalue weighted by Crippen LogP contribution is -2.25. The number of anilines is 2. The van der Waals surface area contributed by atoms with E-state index in [0.717, 1.165) is 0 Å². The van der Waals surface area contributed by atoms with Gasteiger partial charge in [-0.1, -0.05) is 11.6 Å². The number of aromatic nitrogens is 2. The highest BCUT2D eigenvalue weighted by Gasteiger charge is 2.22. The van der Waals surface area contributed by atoms with Gasteiger partial charge in [0.2, 0.25) is 0 Å². The van der Waals surface area contributed by atoms with Crippen molar-refractivity contribution in [1.82, 2.24) is 9.97 Å². The Hall–Kier alpha value is -2.42. The molecule has 0 fully saturated rings. The lowest BCUT2D eigenvalue weighted by Gasteiger charge is -2.13. The van der Waals surface area contributed by atoms with E-state index in [4.69, 9.17) is 21.8 Å². The van der Waals surface area contributed by atoms with Gasteiger partial charge in [0.25, 0.3) is 0 Å². The second-order valence-electron chi connectivity index (χ2n) is 3.92. The molecule has 0 aromatic carbocycles. The number of carboxylic acids is 2. The molecule has 1 amide bonds. The molecule has 0 aliphatic carbocycles. The van der Waals surface area contributed by atoms with E-state index in [9.17, 15) is 14.4 Å². The smallest absolute Gasteiger partial charge is 0.394 e. The first-order valence-electron chi connectivity index (χ1n) is 5.34. The van der Waals surface area contributed by atoms with Crippen LogP contribution in [0.2, 0.25) is 5.15 Å². The van der Waals surface area contributed by atoms with Gasteiger partial charge in [-0.25, -0.2) is 19.6 Å². The standard InChI is InChI=1S/C10H11ClN4O5/c1-3(2)12-7-5(11)13-4(9(17)18)6(14-7)15-8(16)10(19)20/h3H,1-2H3,(H,17,18)(H,19,20)(H2,12,14,15,16). The van der Waals surface area contributed by atoms with Crippen molar-refractivity contribution in [2.45, 2.75) is 19.9 Å². The van der Waals surface area contributed by atoms with Crippen LogP contribution in [0, 0.1) is 0 Å². The molecular formula is C10H11ClN4O5. The summed E-state index contributed by atoms with van der Waals surface area (Å²) >= 11 is 5.76. The number of aliphatic carboxylic acids is 1. The number of rotatable bonds is 4. The maximum atomic E-state index is 11.1. The fraction of sp³-hybridized carbons (Fsp3) is 0.300. The summed E-state index contributed by atoms with van der Waals surface area (Å²) in [7, 11) is 0. The van der Waals surface area contributed by atoms with Crippen LogP contribution in [0.3, 0.4) is 0 Å². The minimum atomic E-state index is -1.78. The SMILES string of the molecule is CC(C)Nc1nc(NC(=O)C(=O)O)c(C(=O)O)nc1Cl. The van der Waals surface area contributed by atoms with Crippen molar-refractivity contribution in [3.63, 3.8) is 0 Å². The summed E-state index contributed by atoms with van der Waals surface area (Å²) in [5.74, 6) is -5.18. The molecule has 0 saturated carbocycles. The van der Waals surface area contributed by atoms with E-state index in [0.29, 0.717) is 0 Å². The third-order valence-electron chi connectivity index (χ3n) is 1.91. The lowest BCUT2D eigenvalue weighted by atomic mass is 10.3. The van der Waals surface area contributed by atoms with Gasteiger partial charge in [-0.05, 0) is 13.8 Å². The molecule has 0 radical (unpaired) electrons. The van der Waals surface area contributed by atoms with Gasteiger partial charge in [-0.2, -0.15) is 0 Å². The topological polar surface area (TPSA) is 142 Å². The van der Waals surface area contributed by atoms with E-state index in [1.165, 1.54) is 0 Å². The molecule has 4 N–H and O–H groups in total. The summed E-state index contributed by atoms with van der Waals surface area (Å²) in [5, 5.41) is 21.8. The molecule has 108 valence electrons. The maximum Gasteiger partial charge on any atom is 0.394 e. The van der Waals surface area contributed by atoms with E-state index in [1.54, 1.807) is 13.8 Å². The Morgan fingerprint density at radius 2 is 1.75 bits per heavy atom. The van der Waals surface area contributed by atoms with Crippen molar-refractivity contribution in [2.75, 3.05) is 10.6 Å². The van der Waals surface area contributed by atoms with Gasteiger partial charge in [0.15, 0.2) is 22.5 Å². The average molecular weight is 303 g/mol. The first-order chi connectivity index (χ1) is 9.22. The van der Waals surface area contributed by atoms with Crippen LogP contribution in [0.15, 0.2) is 0 Å². The van der Waals surface area contributed by atoms with Gasteiger partial charge >= 0.3 is 17.8 Å². The van der Waals surface area contributed by atoms with Crippen LogP contribution < -0.4 is 10.6 Å². The number of nitrogens with one attached hydrogen (secondary N) is 2. The fourth-order valence-electron chi connectivity index (χ4n) is 1.18. The normalized spacial score (nSPS) is 10.2. The van der Waals surface area contributed by atoms with Crippen LogP contribution >= 0.6 is 11.6 Å². The fourth-order valence-corrected chi connectivity index (χ4v) is 1.36.